The molecule has 0 bridgehead atoms. The van der Waals surface area contributed by atoms with Crippen molar-refractivity contribution in [2.45, 2.75) is 18.2 Å². The van der Waals surface area contributed by atoms with Crippen LogP contribution < -0.4 is 15.4 Å². The lowest BCUT2D eigenvalue weighted by Gasteiger charge is -2.16. The van der Waals surface area contributed by atoms with Crippen LogP contribution >= 0.6 is 0 Å². The van der Waals surface area contributed by atoms with Crippen LogP contribution in [0.2, 0.25) is 0 Å². The zero-order valence-electron chi connectivity index (χ0n) is 17.3. The van der Waals surface area contributed by atoms with E-state index in [9.17, 15) is 18.0 Å². The second-order valence-corrected chi connectivity index (χ2v) is 9.01. The van der Waals surface area contributed by atoms with Crippen LogP contribution in [0.1, 0.15) is 13.3 Å². The molecule has 0 aromatic heterocycles. The van der Waals surface area contributed by atoms with Crippen molar-refractivity contribution in [1.82, 2.24) is 4.90 Å². The van der Waals surface area contributed by atoms with Gasteiger partial charge in [-0.2, -0.15) is 0 Å². The molecule has 2 rings (SSSR count). The summed E-state index contributed by atoms with van der Waals surface area (Å²) >= 11 is 0. The zero-order valence-corrected chi connectivity index (χ0v) is 18.2. The van der Waals surface area contributed by atoms with E-state index in [1.807, 2.05) is 11.9 Å². The molecule has 2 aromatic carbocycles. The summed E-state index contributed by atoms with van der Waals surface area (Å²) in [5.74, 6) is 0.202. The number of ether oxygens (including phenoxy) is 1. The van der Waals surface area contributed by atoms with Crippen LogP contribution in [0.4, 0.5) is 11.4 Å². The molecule has 0 saturated heterocycles. The molecule has 2 aromatic rings. The Morgan fingerprint density at radius 2 is 1.67 bits per heavy atom. The summed E-state index contributed by atoms with van der Waals surface area (Å²) in [5.41, 5.74) is 1.32. The molecule has 2 N–H and O–H groups in total. The number of hydrogen-bond donors (Lipinski definition) is 2. The van der Waals surface area contributed by atoms with Gasteiger partial charge in [0.2, 0.25) is 11.8 Å². The summed E-state index contributed by atoms with van der Waals surface area (Å²) < 4.78 is 28.8. The molecule has 0 aliphatic carbocycles. The highest BCUT2D eigenvalue weighted by molar-refractivity contribution is 7.90. The van der Waals surface area contributed by atoms with Crippen molar-refractivity contribution in [3.63, 3.8) is 0 Å². The maximum atomic E-state index is 12.2. The summed E-state index contributed by atoms with van der Waals surface area (Å²) in [7, 11) is -1.43. The van der Waals surface area contributed by atoms with Crippen LogP contribution in [-0.2, 0) is 19.4 Å². The highest BCUT2D eigenvalue weighted by Crippen LogP contribution is 2.17. The molecular weight excluding hydrogens is 406 g/mol. The monoisotopic (exact) mass is 433 g/mol. The maximum absolute atomic E-state index is 12.2. The molecule has 2 amide bonds. The number of rotatable bonds is 10. The van der Waals surface area contributed by atoms with E-state index < -0.39 is 9.84 Å². The van der Waals surface area contributed by atoms with Gasteiger partial charge in [-0.05, 0) is 55.9 Å². The quantitative estimate of drug-likeness (QED) is 0.558. The van der Waals surface area contributed by atoms with E-state index in [0.717, 1.165) is 6.26 Å². The van der Waals surface area contributed by atoms with Crippen molar-refractivity contribution in [3.05, 3.63) is 48.5 Å². The molecule has 0 aliphatic heterocycles. The fourth-order valence-electron chi connectivity index (χ4n) is 2.68. The van der Waals surface area contributed by atoms with Crippen molar-refractivity contribution in [2.75, 3.05) is 43.6 Å². The normalized spacial score (nSPS) is 11.2. The molecule has 30 heavy (non-hydrogen) atoms. The number of sulfone groups is 1. The van der Waals surface area contributed by atoms with Gasteiger partial charge >= 0.3 is 0 Å². The molecule has 0 atom stereocenters. The van der Waals surface area contributed by atoms with Crippen molar-refractivity contribution in [3.8, 4) is 5.75 Å². The van der Waals surface area contributed by atoms with Crippen molar-refractivity contribution < 1.29 is 22.7 Å². The fourth-order valence-corrected chi connectivity index (χ4v) is 3.34. The second-order valence-electron chi connectivity index (χ2n) is 6.99. The van der Waals surface area contributed by atoms with E-state index in [-0.39, 0.29) is 23.3 Å². The van der Waals surface area contributed by atoms with Crippen molar-refractivity contribution in [1.29, 1.82) is 0 Å². The molecule has 0 heterocycles. The number of likely N-dealkylation sites (N-methyl/N-ethyl adjacent to an activating group) is 1. The van der Waals surface area contributed by atoms with Gasteiger partial charge in [0.05, 0.1) is 18.0 Å². The highest BCUT2D eigenvalue weighted by Gasteiger charge is 2.09. The van der Waals surface area contributed by atoms with Gasteiger partial charge in [-0.25, -0.2) is 8.42 Å². The smallest absolute Gasteiger partial charge is 0.238 e. The first kappa shape index (κ1) is 23.4. The van der Waals surface area contributed by atoms with Gasteiger partial charge in [0, 0.05) is 31.1 Å². The molecule has 0 radical (unpaired) electrons. The van der Waals surface area contributed by atoms with Gasteiger partial charge < -0.3 is 15.4 Å². The van der Waals surface area contributed by atoms with E-state index >= 15 is 0 Å². The standard InChI is InChI=1S/C21H27N3O5S/c1-16(25)22-17-8-10-18(11-9-17)23-21(26)15-24(2)12-5-13-29-19-6-4-7-20(14-19)30(3,27)28/h4,6-11,14H,5,12-13,15H2,1-3H3,(H,22,25)(H,23,26). The van der Waals surface area contributed by atoms with Crippen LogP contribution in [0.25, 0.3) is 0 Å². The highest BCUT2D eigenvalue weighted by atomic mass is 32.2. The number of nitrogens with one attached hydrogen (secondary N) is 2. The lowest BCUT2D eigenvalue weighted by molar-refractivity contribution is -0.117. The first-order chi connectivity index (χ1) is 14.1. The molecule has 0 aliphatic rings. The molecule has 8 nitrogen and oxygen atoms in total. The van der Waals surface area contributed by atoms with Crippen LogP contribution in [-0.4, -0.2) is 58.1 Å². The Bertz CT molecular complexity index is 974. The van der Waals surface area contributed by atoms with Crippen LogP contribution in [0.5, 0.6) is 5.75 Å². The second kappa shape index (κ2) is 10.7. The third kappa shape index (κ3) is 8.22. The topological polar surface area (TPSA) is 105 Å². The molecular formula is C21H27N3O5S. The summed E-state index contributed by atoms with van der Waals surface area (Å²) in [5, 5.41) is 5.48. The third-order valence-corrected chi connectivity index (χ3v) is 5.20. The average molecular weight is 434 g/mol. The van der Waals surface area contributed by atoms with Gasteiger partial charge in [0.1, 0.15) is 5.75 Å². The maximum Gasteiger partial charge on any atom is 0.238 e. The predicted molar refractivity (Wildman–Crippen MR) is 117 cm³/mol. The minimum Gasteiger partial charge on any atom is -0.494 e. The van der Waals surface area contributed by atoms with Gasteiger partial charge in [0.25, 0.3) is 0 Å². The first-order valence-electron chi connectivity index (χ1n) is 9.42. The SMILES string of the molecule is CC(=O)Nc1ccc(NC(=O)CN(C)CCCOc2cccc(S(C)(=O)=O)c2)cc1. The molecule has 0 saturated carbocycles. The Morgan fingerprint density at radius 3 is 2.27 bits per heavy atom. The minimum absolute atomic E-state index is 0.147. The van der Waals surface area contributed by atoms with E-state index in [4.69, 9.17) is 4.74 Å². The van der Waals surface area contributed by atoms with Gasteiger partial charge in [-0.15, -0.1) is 0 Å². The summed E-state index contributed by atoms with van der Waals surface area (Å²) in [4.78, 5) is 25.3. The number of amides is 2. The number of anilines is 2. The zero-order chi connectivity index (χ0) is 22.1. The predicted octanol–water partition coefficient (Wildman–Crippen LogP) is 2.39. The Balaban J connectivity index is 1.71. The van der Waals surface area contributed by atoms with Crippen molar-refractivity contribution >= 4 is 33.0 Å². The van der Waals surface area contributed by atoms with Crippen LogP contribution in [0.15, 0.2) is 53.4 Å². The molecule has 0 fully saturated rings. The minimum atomic E-state index is -3.27. The largest absolute Gasteiger partial charge is 0.494 e. The van der Waals surface area contributed by atoms with Gasteiger partial charge in [0.15, 0.2) is 9.84 Å². The van der Waals surface area contributed by atoms with Gasteiger partial charge in [-0.3, -0.25) is 14.5 Å². The third-order valence-electron chi connectivity index (χ3n) is 4.09. The number of carbonyl (C=O) groups is 2. The fraction of sp³-hybridized carbons (Fsp3) is 0.333. The molecule has 162 valence electrons. The summed E-state index contributed by atoms with van der Waals surface area (Å²) in [6.07, 6.45) is 1.84. The average Bonchev–Trinajstić information content (AvgIpc) is 2.66. The Labute approximate surface area is 177 Å². The van der Waals surface area contributed by atoms with Crippen LogP contribution in [0.3, 0.4) is 0 Å². The van der Waals surface area contributed by atoms with Gasteiger partial charge in [-0.1, -0.05) is 6.07 Å². The number of benzene rings is 2. The Morgan fingerprint density at radius 1 is 1.03 bits per heavy atom. The number of carbonyl (C=O) groups excluding carboxylic acids is 2. The van der Waals surface area contributed by atoms with E-state index in [2.05, 4.69) is 10.6 Å². The molecule has 0 spiro atoms. The summed E-state index contributed by atoms with van der Waals surface area (Å²) in [6.45, 7) is 2.70. The van der Waals surface area contributed by atoms with E-state index in [1.165, 1.54) is 19.1 Å². The Hall–Kier alpha value is -2.91. The number of hydrogen-bond acceptors (Lipinski definition) is 6. The lowest BCUT2D eigenvalue weighted by atomic mass is 10.2. The lowest BCUT2D eigenvalue weighted by Crippen LogP contribution is -2.31. The molecule has 9 heteroatoms. The summed E-state index contributed by atoms with van der Waals surface area (Å²) in [6, 6.07) is 13.3. The van der Waals surface area contributed by atoms with E-state index in [1.54, 1.807) is 36.4 Å². The first-order valence-corrected chi connectivity index (χ1v) is 11.3. The molecule has 0 unspecified atom stereocenters. The Kier molecular flexibility index (Phi) is 8.37. The number of nitrogens with zero attached hydrogens (tertiary/aromatic N) is 1. The van der Waals surface area contributed by atoms with E-state index in [0.29, 0.717) is 36.7 Å². The van der Waals surface area contributed by atoms with Crippen LogP contribution in [0, 0.1) is 0 Å². The van der Waals surface area contributed by atoms with Crippen molar-refractivity contribution in [2.24, 2.45) is 0 Å².